The minimum absolute atomic E-state index is 0.120. The molecular formula is C20H20ClN5O5S. The van der Waals surface area contributed by atoms with Gasteiger partial charge in [-0.15, -0.1) is 0 Å². The highest BCUT2D eigenvalue weighted by atomic mass is 35.5. The first-order valence-corrected chi connectivity index (χ1v) is 11.4. The van der Waals surface area contributed by atoms with Crippen LogP contribution in [0.1, 0.15) is 0 Å². The van der Waals surface area contributed by atoms with E-state index in [-0.39, 0.29) is 24.8 Å². The van der Waals surface area contributed by atoms with Crippen LogP contribution in [0.5, 0.6) is 11.5 Å². The van der Waals surface area contributed by atoms with Crippen LogP contribution in [0.3, 0.4) is 0 Å². The van der Waals surface area contributed by atoms with Gasteiger partial charge in [0.1, 0.15) is 11.5 Å². The molecule has 0 amide bonds. The first-order valence-electron chi connectivity index (χ1n) is 9.50. The van der Waals surface area contributed by atoms with Gasteiger partial charge < -0.3 is 24.8 Å². The second-order valence-electron chi connectivity index (χ2n) is 6.59. The number of benzene rings is 2. The standard InChI is InChI=1S/C20H20ClN5O5S/c1-29-11-10-23-32(27,28)14-4-2-13(3-5-14)24-20-22-9-8-17(26-20)25-18-15(21)6-7-16-19(18)31-12-30-16/h2-9,23H,10-12H2,1H3,(H2,22,24,25,26). The molecule has 1 aliphatic heterocycles. The lowest BCUT2D eigenvalue weighted by atomic mass is 10.2. The average molecular weight is 478 g/mol. The SMILES string of the molecule is COCCNS(=O)(=O)c1ccc(Nc2nccc(Nc3c(Cl)ccc4c3OCO4)n2)cc1. The predicted molar refractivity (Wildman–Crippen MR) is 120 cm³/mol. The first kappa shape index (κ1) is 22.1. The lowest BCUT2D eigenvalue weighted by Gasteiger charge is -2.12. The van der Waals surface area contributed by atoms with Crippen LogP contribution >= 0.6 is 11.6 Å². The number of halogens is 1. The zero-order valence-corrected chi connectivity index (χ0v) is 18.5. The maximum atomic E-state index is 12.3. The van der Waals surface area contributed by atoms with E-state index in [1.54, 1.807) is 36.5 Å². The van der Waals surface area contributed by atoms with Crippen molar-refractivity contribution in [1.82, 2.24) is 14.7 Å². The van der Waals surface area contributed by atoms with Crippen molar-refractivity contribution in [2.45, 2.75) is 4.90 Å². The zero-order valence-electron chi connectivity index (χ0n) is 17.0. The van der Waals surface area contributed by atoms with Crippen LogP contribution in [0.25, 0.3) is 0 Å². The summed E-state index contributed by atoms with van der Waals surface area (Å²) in [7, 11) is -2.10. The molecule has 168 valence electrons. The van der Waals surface area contributed by atoms with Gasteiger partial charge >= 0.3 is 0 Å². The fourth-order valence-electron chi connectivity index (χ4n) is 2.89. The van der Waals surface area contributed by atoms with E-state index in [0.29, 0.717) is 39.7 Å². The van der Waals surface area contributed by atoms with Crippen LogP contribution in [0.15, 0.2) is 53.6 Å². The Bertz CT molecular complexity index is 1210. The van der Waals surface area contributed by atoms with Crippen molar-refractivity contribution in [3.05, 3.63) is 53.7 Å². The van der Waals surface area contributed by atoms with E-state index in [4.69, 9.17) is 25.8 Å². The molecule has 0 fully saturated rings. The molecule has 0 radical (unpaired) electrons. The monoisotopic (exact) mass is 477 g/mol. The highest BCUT2D eigenvalue weighted by molar-refractivity contribution is 7.89. The molecule has 2 aromatic carbocycles. The predicted octanol–water partition coefficient (Wildman–Crippen LogP) is 3.27. The van der Waals surface area contributed by atoms with Gasteiger partial charge in [0.2, 0.25) is 22.8 Å². The minimum atomic E-state index is -3.61. The molecule has 3 N–H and O–H groups in total. The van der Waals surface area contributed by atoms with E-state index in [2.05, 4.69) is 25.3 Å². The summed E-state index contributed by atoms with van der Waals surface area (Å²) in [6.07, 6.45) is 1.57. The zero-order chi connectivity index (χ0) is 22.6. The van der Waals surface area contributed by atoms with Gasteiger partial charge in [-0.2, -0.15) is 4.98 Å². The van der Waals surface area contributed by atoms with Crippen LogP contribution in [0.2, 0.25) is 5.02 Å². The molecule has 32 heavy (non-hydrogen) atoms. The lowest BCUT2D eigenvalue weighted by Crippen LogP contribution is -2.27. The number of anilines is 4. The van der Waals surface area contributed by atoms with Crippen molar-refractivity contribution in [3.63, 3.8) is 0 Å². The van der Waals surface area contributed by atoms with Gasteiger partial charge in [-0.1, -0.05) is 11.6 Å². The lowest BCUT2D eigenvalue weighted by molar-refractivity contribution is 0.174. The normalized spacial score (nSPS) is 12.6. The van der Waals surface area contributed by atoms with E-state index >= 15 is 0 Å². The summed E-state index contributed by atoms with van der Waals surface area (Å²) in [4.78, 5) is 8.76. The number of hydrogen-bond donors (Lipinski definition) is 3. The van der Waals surface area contributed by atoms with Crippen LogP contribution in [-0.2, 0) is 14.8 Å². The summed E-state index contributed by atoms with van der Waals surface area (Å²) in [6, 6.07) is 11.4. The van der Waals surface area contributed by atoms with E-state index < -0.39 is 10.0 Å². The second kappa shape index (κ2) is 9.57. The largest absolute Gasteiger partial charge is 0.454 e. The maximum absolute atomic E-state index is 12.3. The van der Waals surface area contributed by atoms with Crippen molar-refractivity contribution >= 4 is 44.8 Å². The average Bonchev–Trinajstić information content (AvgIpc) is 3.26. The highest BCUT2D eigenvalue weighted by Crippen LogP contribution is 2.44. The number of fused-ring (bicyclic) bond motifs is 1. The Hall–Kier alpha value is -3.12. The van der Waals surface area contributed by atoms with E-state index in [0.717, 1.165) is 0 Å². The van der Waals surface area contributed by atoms with Crippen LogP contribution in [-0.4, -0.2) is 45.4 Å². The Kier molecular flexibility index (Phi) is 6.61. The number of ether oxygens (including phenoxy) is 3. The van der Waals surface area contributed by atoms with Crippen molar-refractivity contribution < 1.29 is 22.6 Å². The molecule has 0 aliphatic carbocycles. The first-order chi connectivity index (χ1) is 15.5. The number of nitrogens with one attached hydrogen (secondary N) is 3. The fraction of sp³-hybridized carbons (Fsp3) is 0.200. The number of rotatable bonds is 9. The number of aromatic nitrogens is 2. The number of methoxy groups -OCH3 is 1. The Labute approximate surface area is 189 Å². The van der Waals surface area contributed by atoms with Gasteiger partial charge in [0, 0.05) is 25.5 Å². The summed E-state index contributed by atoms with van der Waals surface area (Å²) in [5, 5.41) is 6.62. The fourth-order valence-corrected chi connectivity index (χ4v) is 4.10. The van der Waals surface area contributed by atoms with Crippen LogP contribution in [0.4, 0.5) is 23.1 Å². The molecule has 0 saturated heterocycles. The maximum Gasteiger partial charge on any atom is 0.240 e. The van der Waals surface area contributed by atoms with Gasteiger partial charge in [0.25, 0.3) is 0 Å². The third-order valence-electron chi connectivity index (χ3n) is 4.42. The molecular weight excluding hydrogens is 458 g/mol. The number of hydrogen-bond acceptors (Lipinski definition) is 9. The van der Waals surface area contributed by atoms with Gasteiger partial charge in [-0.3, -0.25) is 0 Å². The Balaban J connectivity index is 1.47. The van der Waals surface area contributed by atoms with Crippen LogP contribution in [0, 0.1) is 0 Å². The summed E-state index contributed by atoms with van der Waals surface area (Å²) >= 11 is 6.30. The molecule has 2 heterocycles. The van der Waals surface area contributed by atoms with Gasteiger partial charge in [-0.25, -0.2) is 18.1 Å². The summed E-state index contributed by atoms with van der Waals surface area (Å²) in [5.74, 6) is 1.90. The van der Waals surface area contributed by atoms with Crippen molar-refractivity contribution in [1.29, 1.82) is 0 Å². The molecule has 0 unspecified atom stereocenters. The summed E-state index contributed by atoms with van der Waals surface area (Å²) in [5.41, 5.74) is 1.16. The molecule has 0 saturated carbocycles. The summed E-state index contributed by atoms with van der Waals surface area (Å²) < 4.78 is 42.7. The molecule has 0 bridgehead atoms. The molecule has 0 spiro atoms. The van der Waals surface area contributed by atoms with E-state index in [9.17, 15) is 8.42 Å². The smallest absolute Gasteiger partial charge is 0.240 e. The quantitative estimate of drug-likeness (QED) is 0.398. The Morgan fingerprint density at radius 2 is 1.91 bits per heavy atom. The number of sulfonamides is 1. The van der Waals surface area contributed by atoms with Crippen LogP contribution < -0.4 is 24.8 Å². The summed E-state index contributed by atoms with van der Waals surface area (Å²) in [6.45, 7) is 0.601. The topological polar surface area (TPSA) is 124 Å². The molecule has 10 nitrogen and oxygen atoms in total. The van der Waals surface area contributed by atoms with Gasteiger partial charge in [0.15, 0.2) is 11.5 Å². The van der Waals surface area contributed by atoms with Crippen molar-refractivity contribution in [3.8, 4) is 11.5 Å². The van der Waals surface area contributed by atoms with Crippen molar-refractivity contribution in [2.24, 2.45) is 0 Å². The van der Waals surface area contributed by atoms with Gasteiger partial charge in [-0.05, 0) is 42.5 Å². The Morgan fingerprint density at radius 1 is 1.09 bits per heavy atom. The highest BCUT2D eigenvalue weighted by Gasteiger charge is 2.21. The molecule has 3 aromatic rings. The van der Waals surface area contributed by atoms with E-state index in [1.807, 2.05) is 0 Å². The minimum Gasteiger partial charge on any atom is -0.454 e. The molecule has 4 rings (SSSR count). The van der Waals surface area contributed by atoms with Crippen molar-refractivity contribution in [2.75, 3.05) is 37.7 Å². The van der Waals surface area contributed by atoms with E-state index in [1.165, 1.54) is 19.2 Å². The molecule has 1 aromatic heterocycles. The molecule has 12 heteroatoms. The third kappa shape index (κ3) is 5.02. The second-order valence-corrected chi connectivity index (χ2v) is 8.76. The Morgan fingerprint density at radius 3 is 2.69 bits per heavy atom. The molecule has 0 atom stereocenters. The number of nitrogens with zero attached hydrogens (tertiary/aromatic N) is 2. The third-order valence-corrected chi connectivity index (χ3v) is 6.21. The van der Waals surface area contributed by atoms with Gasteiger partial charge in [0.05, 0.1) is 16.5 Å². The molecule has 1 aliphatic rings.